The van der Waals surface area contributed by atoms with E-state index in [-0.39, 0.29) is 11.8 Å². The molecule has 1 amide bonds. The Hall–Kier alpha value is -3.47. The van der Waals surface area contributed by atoms with Crippen molar-refractivity contribution in [3.63, 3.8) is 0 Å². The van der Waals surface area contributed by atoms with Crippen LogP contribution in [0.25, 0.3) is 0 Å². The van der Waals surface area contributed by atoms with Crippen LogP contribution in [0.4, 0.5) is 17.1 Å². The first kappa shape index (κ1) is 34.0. The molecule has 3 rings (SSSR count). The largest absolute Gasteiger partial charge is 0.495 e. The van der Waals surface area contributed by atoms with Gasteiger partial charge >= 0.3 is 0 Å². The third-order valence-electron chi connectivity index (χ3n) is 8.73. The van der Waals surface area contributed by atoms with Crippen LogP contribution in [0.1, 0.15) is 107 Å². The maximum Gasteiger partial charge on any atom is 0.224 e. The molecule has 0 saturated carbocycles. The number of ether oxygens (including phenoxy) is 1. The molecule has 1 N–H and O–H groups in total. The molecule has 0 saturated heterocycles. The van der Waals surface area contributed by atoms with Gasteiger partial charge in [-0.05, 0) is 112 Å². The standard InChI is InChI=1S/C38H55N3O2/c1-9-14-15-16-17-18-37(42)39-35-24-19-30(27-36(35)43-8)38(33-22-20-31(25-28(33)6)40(10-2)11-3)34-23-21-32(26-29(34)7)41(12-4)13-5/h19-27,38H,9-18H2,1-8H3,(H,39,42). The van der Waals surface area contributed by atoms with Crippen molar-refractivity contribution in [3.8, 4) is 5.75 Å². The smallest absolute Gasteiger partial charge is 0.224 e. The summed E-state index contributed by atoms with van der Waals surface area (Å²) in [6.45, 7) is 19.4. The summed E-state index contributed by atoms with van der Waals surface area (Å²) in [4.78, 5) is 17.5. The van der Waals surface area contributed by atoms with Crippen LogP contribution >= 0.6 is 0 Å². The Labute approximate surface area is 261 Å². The SMILES string of the molecule is CCCCCCCC(=O)Nc1ccc(C(c2ccc(N(CC)CC)cc2C)c2ccc(N(CC)CC)cc2C)cc1OC. The van der Waals surface area contributed by atoms with Crippen LogP contribution in [0.5, 0.6) is 5.75 Å². The Morgan fingerprint density at radius 1 is 0.721 bits per heavy atom. The molecule has 3 aromatic carbocycles. The van der Waals surface area contributed by atoms with Crippen molar-refractivity contribution in [3.05, 3.63) is 82.4 Å². The van der Waals surface area contributed by atoms with Crippen LogP contribution in [-0.2, 0) is 4.79 Å². The first-order chi connectivity index (χ1) is 20.8. The van der Waals surface area contributed by atoms with E-state index in [1.54, 1.807) is 7.11 Å². The second kappa shape index (κ2) is 17.0. The molecule has 0 heterocycles. The monoisotopic (exact) mass is 585 g/mol. The van der Waals surface area contributed by atoms with E-state index in [4.69, 9.17) is 4.74 Å². The number of anilines is 3. The van der Waals surface area contributed by atoms with Gasteiger partial charge in [-0.15, -0.1) is 0 Å². The van der Waals surface area contributed by atoms with Crippen molar-refractivity contribution in [2.75, 3.05) is 48.4 Å². The summed E-state index contributed by atoms with van der Waals surface area (Å²) < 4.78 is 5.86. The maximum absolute atomic E-state index is 12.8. The average Bonchev–Trinajstić information content (AvgIpc) is 3.01. The highest BCUT2D eigenvalue weighted by Crippen LogP contribution is 2.40. The van der Waals surface area contributed by atoms with Crippen molar-refractivity contribution in [1.82, 2.24) is 0 Å². The first-order valence-corrected chi connectivity index (χ1v) is 16.5. The molecule has 0 aliphatic rings. The van der Waals surface area contributed by atoms with Crippen LogP contribution in [0, 0.1) is 13.8 Å². The topological polar surface area (TPSA) is 44.8 Å². The van der Waals surface area contributed by atoms with Crippen LogP contribution in [0.15, 0.2) is 54.6 Å². The van der Waals surface area contributed by atoms with Gasteiger partial charge < -0.3 is 19.9 Å². The number of nitrogens with one attached hydrogen (secondary N) is 1. The summed E-state index contributed by atoms with van der Waals surface area (Å²) in [7, 11) is 1.68. The third-order valence-corrected chi connectivity index (χ3v) is 8.73. The summed E-state index contributed by atoms with van der Waals surface area (Å²) in [6, 6.07) is 20.0. The zero-order chi connectivity index (χ0) is 31.4. The van der Waals surface area contributed by atoms with Gasteiger partial charge in [0.05, 0.1) is 12.8 Å². The summed E-state index contributed by atoms with van der Waals surface area (Å²) >= 11 is 0. The van der Waals surface area contributed by atoms with E-state index in [0.29, 0.717) is 12.2 Å². The molecule has 234 valence electrons. The molecule has 0 bridgehead atoms. The molecule has 0 fully saturated rings. The number of benzene rings is 3. The van der Waals surface area contributed by atoms with Gasteiger partial charge in [0.1, 0.15) is 5.75 Å². The predicted octanol–water partition coefficient (Wildman–Crippen LogP) is 9.48. The predicted molar refractivity (Wildman–Crippen MR) is 185 cm³/mol. The Kier molecular flexibility index (Phi) is 13.4. The van der Waals surface area contributed by atoms with Gasteiger partial charge in [0.2, 0.25) is 5.91 Å². The van der Waals surface area contributed by atoms with Crippen molar-refractivity contribution < 1.29 is 9.53 Å². The normalized spacial score (nSPS) is 11.1. The molecule has 0 aliphatic heterocycles. The van der Waals surface area contributed by atoms with Gasteiger partial charge in [0.15, 0.2) is 0 Å². The fourth-order valence-electron chi connectivity index (χ4n) is 6.16. The molecule has 0 aromatic heterocycles. The number of hydrogen-bond acceptors (Lipinski definition) is 4. The van der Waals surface area contributed by atoms with E-state index in [1.807, 2.05) is 6.07 Å². The molecule has 0 atom stereocenters. The number of carbonyl (C=O) groups excluding carboxylic acids is 1. The molecular formula is C38H55N3O2. The van der Waals surface area contributed by atoms with E-state index < -0.39 is 0 Å². The average molecular weight is 586 g/mol. The van der Waals surface area contributed by atoms with Gasteiger partial charge in [0, 0.05) is 49.9 Å². The van der Waals surface area contributed by atoms with Crippen molar-refractivity contribution in [1.29, 1.82) is 0 Å². The van der Waals surface area contributed by atoms with Crippen LogP contribution in [-0.4, -0.2) is 39.2 Å². The van der Waals surface area contributed by atoms with Crippen molar-refractivity contribution >= 4 is 23.0 Å². The third kappa shape index (κ3) is 8.78. The fraction of sp³-hybridized carbons (Fsp3) is 0.500. The molecule has 0 aliphatic carbocycles. The number of nitrogens with zero attached hydrogens (tertiary/aromatic N) is 2. The lowest BCUT2D eigenvalue weighted by Gasteiger charge is -2.28. The number of hydrogen-bond donors (Lipinski definition) is 1. The summed E-state index contributed by atoms with van der Waals surface area (Å²) in [5.74, 6) is 0.759. The minimum Gasteiger partial charge on any atom is -0.495 e. The Balaban J connectivity index is 2.03. The quantitative estimate of drug-likeness (QED) is 0.127. The van der Waals surface area contributed by atoms with Crippen molar-refractivity contribution in [2.24, 2.45) is 0 Å². The molecule has 5 nitrogen and oxygen atoms in total. The van der Waals surface area contributed by atoms with E-state index >= 15 is 0 Å². The number of aryl methyl sites for hydroxylation is 2. The molecule has 5 heteroatoms. The molecule has 0 spiro atoms. The highest BCUT2D eigenvalue weighted by Gasteiger charge is 2.23. The highest BCUT2D eigenvalue weighted by atomic mass is 16.5. The number of amides is 1. The second-order valence-corrected chi connectivity index (χ2v) is 11.5. The minimum atomic E-state index is 0.0220. The van der Waals surface area contributed by atoms with Crippen LogP contribution < -0.4 is 19.9 Å². The number of rotatable bonds is 17. The van der Waals surface area contributed by atoms with Crippen LogP contribution in [0.3, 0.4) is 0 Å². The second-order valence-electron chi connectivity index (χ2n) is 11.5. The molecule has 0 radical (unpaired) electrons. The van der Waals surface area contributed by atoms with Gasteiger partial charge in [0.25, 0.3) is 0 Å². The molecule has 43 heavy (non-hydrogen) atoms. The first-order valence-electron chi connectivity index (χ1n) is 16.5. The Morgan fingerprint density at radius 3 is 1.72 bits per heavy atom. The van der Waals surface area contributed by atoms with Gasteiger partial charge in [-0.3, -0.25) is 4.79 Å². The van der Waals surface area contributed by atoms with Gasteiger partial charge in [-0.2, -0.15) is 0 Å². The lowest BCUT2D eigenvalue weighted by Crippen LogP contribution is -2.22. The fourth-order valence-corrected chi connectivity index (χ4v) is 6.16. The summed E-state index contributed by atoms with van der Waals surface area (Å²) in [6.07, 6.45) is 6.17. The number of unbranched alkanes of at least 4 members (excludes halogenated alkanes) is 4. The van der Waals surface area contributed by atoms with Crippen LogP contribution in [0.2, 0.25) is 0 Å². The zero-order valence-corrected chi connectivity index (χ0v) is 28.1. The summed E-state index contributed by atoms with van der Waals surface area (Å²) in [5, 5.41) is 3.11. The van der Waals surface area contributed by atoms with E-state index in [2.05, 4.69) is 112 Å². The van der Waals surface area contributed by atoms with Crippen molar-refractivity contribution in [2.45, 2.75) is 92.9 Å². The van der Waals surface area contributed by atoms with Gasteiger partial charge in [-0.25, -0.2) is 0 Å². The highest BCUT2D eigenvalue weighted by molar-refractivity contribution is 5.92. The lowest BCUT2D eigenvalue weighted by molar-refractivity contribution is -0.116. The van der Waals surface area contributed by atoms with E-state index in [0.717, 1.165) is 50.3 Å². The lowest BCUT2D eigenvalue weighted by atomic mass is 9.81. The maximum atomic E-state index is 12.8. The number of carbonyl (C=O) groups is 1. The zero-order valence-electron chi connectivity index (χ0n) is 28.1. The van der Waals surface area contributed by atoms with Gasteiger partial charge in [-0.1, -0.05) is 50.8 Å². The summed E-state index contributed by atoms with van der Waals surface area (Å²) in [5.41, 5.74) is 9.47. The molecule has 0 unspecified atom stereocenters. The molecular weight excluding hydrogens is 530 g/mol. The molecule has 3 aromatic rings. The number of methoxy groups -OCH3 is 1. The minimum absolute atomic E-state index is 0.0220. The Morgan fingerprint density at radius 2 is 1.26 bits per heavy atom. The van der Waals surface area contributed by atoms with E-state index in [9.17, 15) is 4.79 Å². The Bertz CT molecular complexity index is 1250. The van der Waals surface area contributed by atoms with E-state index in [1.165, 1.54) is 52.9 Å².